The molecule has 0 aliphatic carbocycles. The number of carbonyl (C=O) groups is 1. The van der Waals surface area contributed by atoms with Gasteiger partial charge in [-0.2, -0.15) is 0 Å². The van der Waals surface area contributed by atoms with E-state index in [2.05, 4.69) is 9.72 Å². The number of halogens is 3. The first-order chi connectivity index (χ1) is 9.87. The number of hydrogen-bond donors (Lipinski definition) is 0. The summed E-state index contributed by atoms with van der Waals surface area (Å²) >= 11 is 0. The summed E-state index contributed by atoms with van der Waals surface area (Å²) in [5, 5.41) is 0. The van der Waals surface area contributed by atoms with Gasteiger partial charge >= 0.3 is 6.36 Å². The predicted molar refractivity (Wildman–Crippen MR) is 70.1 cm³/mol. The number of Topliss-reactive ketones (excluding diaryl/α,β-unsaturated/α-hetero) is 1. The first kappa shape index (κ1) is 15.0. The Bertz CT molecular complexity index is 609. The van der Waals surface area contributed by atoms with Crippen molar-refractivity contribution in [3.8, 4) is 5.75 Å². The van der Waals surface area contributed by atoms with Crippen LogP contribution < -0.4 is 4.74 Å². The Kier molecular flexibility index (Phi) is 4.26. The minimum atomic E-state index is -4.74. The van der Waals surface area contributed by atoms with Gasteiger partial charge in [0, 0.05) is 11.8 Å². The van der Waals surface area contributed by atoms with Crippen LogP contribution in [0.2, 0.25) is 0 Å². The van der Waals surface area contributed by atoms with Gasteiger partial charge in [0.1, 0.15) is 5.75 Å². The summed E-state index contributed by atoms with van der Waals surface area (Å²) in [5.74, 6) is -1.04. The van der Waals surface area contributed by atoms with E-state index in [-0.39, 0.29) is 11.5 Å². The lowest BCUT2D eigenvalue weighted by Gasteiger charge is -2.11. The third-order valence-corrected chi connectivity index (χ3v) is 2.90. The molecule has 2 aromatic rings. The highest BCUT2D eigenvalue weighted by Gasteiger charge is 2.31. The van der Waals surface area contributed by atoms with Crippen molar-refractivity contribution in [3.05, 3.63) is 59.9 Å². The van der Waals surface area contributed by atoms with Gasteiger partial charge in [0.25, 0.3) is 0 Å². The van der Waals surface area contributed by atoms with Crippen molar-refractivity contribution >= 4 is 5.78 Å². The van der Waals surface area contributed by atoms with E-state index in [9.17, 15) is 18.0 Å². The van der Waals surface area contributed by atoms with Crippen LogP contribution in [0.3, 0.4) is 0 Å². The van der Waals surface area contributed by atoms with Gasteiger partial charge in [-0.15, -0.1) is 13.2 Å². The lowest BCUT2D eigenvalue weighted by atomic mass is 9.96. The molecule has 21 heavy (non-hydrogen) atoms. The third kappa shape index (κ3) is 4.05. The zero-order chi connectivity index (χ0) is 15.5. The molecule has 110 valence electrons. The van der Waals surface area contributed by atoms with Crippen LogP contribution in [0.15, 0.2) is 48.7 Å². The molecule has 1 aromatic heterocycles. The summed E-state index contributed by atoms with van der Waals surface area (Å²) in [4.78, 5) is 16.3. The van der Waals surface area contributed by atoms with E-state index in [1.165, 1.54) is 12.1 Å². The molecule has 0 saturated heterocycles. The highest BCUT2D eigenvalue weighted by molar-refractivity contribution is 6.00. The summed E-state index contributed by atoms with van der Waals surface area (Å²) in [5.41, 5.74) is 0.917. The van der Waals surface area contributed by atoms with E-state index < -0.39 is 12.3 Å². The van der Waals surface area contributed by atoms with Gasteiger partial charge < -0.3 is 4.74 Å². The normalized spacial score (nSPS) is 12.8. The van der Waals surface area contributed by atoms with Gasteiger partial charge in [-0.05, 0) is 43.3 Å². The maximum atomic E-state index is 12.2. The Morgan fingerprint density at radius 2 is 1.81 bits per heavy atom. The van der Waals surface area contributed by atoms with Gasteiger partial charge in [-0.3, -0.25) is 9.78 Å². The average Bonchev–Trinajstić information content (AvgIpc) is 2.46. The van der Waals surface area contributed by atoms with Crippen molar-refractivity contribution in [1.29, 1.82) is 0 Å². The molecule has 0 fully saturated rings. The highest BCUT2D eigenvalue weighted by atomic mass is 19.4. The molecule has 3 nitrogen and oxygen atoms in total. The summed E-state index contributed by atoms with van der Waals surface area (Å²) in [7, 11) is 0. The number of benzene rings is 1. The fourth-order valence-corrected chi connectivity index (χ4v) is 1.84. The molecule has 0 spiro atoms. The molecule has 0 aliphatic rings. The van der Waals surface area contributed by atoms with Gasteiger partial charge in [0.2, 0.25) is 0 Å². The Hall–Kier alpha value is -2.37. The van der Waals surface area contributed by atoms with Crippen LogP contribution in [0, 0.1) is 0 Å². The van der Waals surface area contributed by atoms with Crippen molar-refractivity contribution in [2.45, 2.75) is 19.2 Å². The SMILES string of the molecule is CC(C(=O)c1ccc(OC(F)(F)F)cc1)c1ccccn1. The van der Waals surface area contributed by atoms with Crippen molar-refractivity contribution in [2.24, 2.45) is 0 Å². The second-order valence-corrected chi connectivity index (χ2v) is 4.41. The maximum Gasteiger partial charge on any atom is 0.573 e. The first-order valence-corrected chi connectivity index (χ1v) is 6.18. The summed E-state index contributed by atoms with van der Waals surface area (Å²) in [6.45, 7) is 1.70. The van der Waals surface area contributed by atoms with Crippen LogP contribution in [0.4, 0.5) is 13.2 Å². The number of pyridine rings is 1. The number of carbonyl (C=O) groups excluding carboxylic acids is 1. The van der Waals surface area contributed by atoms with E-state index in [0.717, 1.165) is 12.1 Å². The molecule has 1 aromatic carbocycles. The fourth-order valence-electron chi connectivity index (χ4n) is 1.84. The quantitative estimate of drug-likeness (QED) is 0.801. The number of ketones is 1. The lowest BCUT2D eigenvalue weighted by molar-refractivity contribution is -0.274. The van der Waals surface area contributed by atoms with Crippen LogP contribution in [0.1, 0.15) is 28.9 Å². The standard InChI is InChI=1S/C15H12F3NO2/c1-10(13-4-2-3-9-19-13)14(20)11-5-7-12(8-6-11)21-15(16,17)18/h2-10H,1H3. The monoisotopic (exact) mass is 295 g/mol. The fraction of sp³-hybridized carbons (Fsp3) is 0.200. The summed E-state index contributed by atoms with van der Waals surface area (Å²) < 4.78 is 39.9. The summed E-state index contributed by atoms with van der Waals surface area (Å²) in [6, 6.07) is 10.1. The number of nitrogens with zero attached hydrogens (tertiary/aromatic N) is 1. The molecular weight excluding hydrogens is 283 g/mol. The minimum Gasteiger partial charge on any atom is -0.406 e. The largest absolute Gasteiger partial charge is 0.573 e. The smallest absolute Gasteiger partial charge is 0.406 e. The van der Waals surface area contributed by atoms with Crippen LogP contribution in [-0.2, 0) is 0 Å². The number of ether oxygens (including phenoxy) is 1. The van der Waals surface area contributed by atoms with Crippen molar-refractivity contribution < 1.29 is 22.7 Å². The molecular formula is C15H12F3NO2. The van der Waals surface area contributed by atoms with E-state index in [1.807, 2.05) is 0 Å². The van der Waals surface area contributed by atoms with Crippen molar-refractivity contribution in [3.63, 3.8) is 0 Å². The number of hydrogen-bond acceptors (Lipinski definition) is 3. The topological polar surface area (TPSA) is 39.2 Å². The Morgan fingerprint density at radius 1 is 1.14 bits per heavy atom. The number of aromatic nitrogens is 1. The summed E-state index contributed by atoms with van der Waals surface area (Å²) in [6.07, 6.45) is -3.16. The van der Waals surface area contributed by atoms with E-state index in [1.54, 1.807) is 31.3 Å². The molecule has 6 heteroatoms. The average molecular weight is 295 g/mol. The molecule has 1 unspecified atom stereocenters. The maximum absolute atomic E-state index is 12.2. The Labute approximate surface area is 119 Å². The van der Waals surface area contributed by atoms with E-state index >= 15 is 0 Å². The van der Waals surface area contributed by atoms with Crippen LogP contribution in [-0.4, -0.2) is 17.1 Å². The zero-order valence-electron chi connectivity index (χ0n) is 11.1. The van der Waals surface area contributed by atoms with Gasteiger partial charge in [-0.25, -0.2) is 0 Å². The van der Waals surface area contributed by atoms with Crippen LogP contribution in [0.5, 0.6) is 5.75 Å². The van der Waals surface area contributed by atoms with Gasteiger partial charge in [0.15, 0.2) is 5.78 Å². The Morgan fingerprint density at radius 3 is 2.33 bits per heavy atom. The molecule has 1 heterocycles. The zero-order valence-corrected chi connectivity index (χ0v) is 11.1. The van der Waals surface area contributed by atoms with E-state index in [4.69, 9.17) is 0 Å². The highest BCUT2D eigenvalue weighted by Crippen LogP contribution is 2.24. The second kappa shape index (κ2) is 5.95. The molecule has 2 rings (SSSR count). The molecule has 0 radical (unpaired) electrons. The molecule has 0 N–H and O–H groups in total. The predicted octanol–water partition coefficient (Wildman–Crippen LogP) is 3.97. The molecule has 1 atom stereocenters. The molecule has 0 bridgehead atoms. The minimum absolute atomic E-state index is 0.216. The third-order valence-electron chi connectivity index (χ3n) is 2.90. The van der Waals surface area contributed by atoms with Crippen molar-refractivity contribution in [2.75, 3.05) is 0 Å². The second-order valence-electron chi connectivity index (χ2n) is 4.41. The van der Waals surface area contributed by atoms with Gasteiger partial charge in [0.05, 0.1) is 11.6 Å². The van der Waals surface area contributed by atoms with Crippen LogP contribution >= 0.6 is 0 Å². The Balaban J connectivity index is 2.13. The first-order valence-electron chi connectivity index (χ1n) is 6.18. The van der Waals surface area contributed by atoms with Crippen molar-refractivity contribution in [1.82, 2.24) is 4.98 Å². The van der Waals surface area contributed by atoms with Gasteiger partial charge in [-0.1, -0.05) is 6.07 Å². The molecule has 0 saturated carbocycles. The number of alkyl halides is 3. The number of rotatable bonds is 4. The molecule has 0 amide bonds. The van der Waals surface area contributed by atoms with Crippen LogP contribution in [0.25, 0.3) is 0 Å². The molecule has 0 aliphatic heterocycles. The van der Waals surface area contributed by atoms with E-state index in [0.29, 0.717) is 11.3 Å². The lowest BCUT2D eigenvalue weighted by Crippen LogP contribution is -2.17.